The molecule has 146 valence electrons. The van der Waals surface area contributed by atoms with Gasteiger partial charge in [0.15, 0.2) is 0 Å². The van der Waals surface area contributed by atoms with Crippen molar-refractivity contribution in [1.29, 1.82) is 0 Å². The number of carbonyl (C=O) groups excluding carboxylic acids is 2. The molecule has 0 unspecified atom stereocenters. The number of nitrogens with zero attached hydrogens (tertiary/aromatic N) is 2. The van der Waals surface area contributed by atoms with Gasteiger partial charge in [-0.25, -0.2) is 4.79 Å². The van der Waals surface area contributed by atoms with E-state index in [1.54, 1.807) is 37.3 Å². The number of benzene rings is 2. The normalized spacial score (nSPS) is 13.1. The molecule has 7 heteroatoms. The Hall–Kier alpha value is -3.35. The summed E-state index contributed by atoms with van der Waals surface area (Å²) in [4.78, 5) is 24.3. The summed E-state index contributed by atoms with van der Waals surface area (Å²) in [6.07, 6.45) is 0.432. The monoisotopic (exact) mass is 380 g/mol. The lowest BCUT2D eigenvalue weighted by molar-refractivity contribution is 0.102. The van der Waals surface area contributed by atoms with Crippen LogP contribution in [0.5, 0.6) is 0 Å². The third-order valence-corrected chi connectivity index (χ3v) is 4.50. The van der Waals surface area contributed by atoms with Gasteiger partial charge < -0.3 is 10.1 Å². The second kappa shape index (κ2) is 8.56. The molecule has 2 aromatic carbocycles. The van der Waals surface area contributed by atoms with Gasteiger partial charge in [0.2, 0.25) is 0 Å². The molecule has 0 fully saturated rings. The fraction of sp³-hybridized carbons (Fsp3) is 0.286. The van der Waals surface area contributed by atoms with Gasteiger partial charge in [-0.1, -0.05) is 6.07 Å². The maximum atomic E-state index is 12.6. The van der Waals surface area contributed by atoms with Crippen molar-refractivity contribution in [2.75, 3.05) is 28.8 Å². The topological polar surface area (TPSA) is 83.0 Å². The summed E-state index contributed by atoms with van der Waals surface area (Å²) in [6, 6.07) is 12.7. The van der Waals surface area contributed by atoms with Gasteiger partial charge in [0.25, 0.3) is 5.91 Å². The van der Waals surface area contributed by atoms with E-state index in [2.05, 4.69) is 15.7 Å². The van der Waals surface area contributed by atoms with Gasteiger partial charge in [0.1, 0.15) is 0 Å². The van der Waals surface area contributed by atoms with E-state index in [0.29, 0.717) is 23.5 Å². The molecule has 2 amide bonds. The number of hydrogen-bond acceptors (Lipinski definition) is 5. The van der Waals surface area contributed by atoms with Crippen LogP contribution in [0.4, 0.5) is 21.9 Å². The van der Waals surface area contributed by atoms with Gasteiger partial charge in [-0.2, -0.15) is 5.10 Å². The van der Waals surface area contributed by atoms with Crippen molar-refractivity contribution in [2.45, 2.75) is 27.2 Å². The first-order valence-electron chi connectivity index (χ1n) is 9.24. The van der Waals surface area contributed by atoms with E-state index in [4.69, 9.17) is 4.74 Å². The summed E-state index contributed by atoms with van der Waals surface area (Å²) in [5.74, 6) is -0.218. The third-order valence-electron chi connectivity index (χ3n) is 4.50. The molecular weight excluding hydrogens is 356 g/mol. The molecule has 28 heavy (non-hydrogen) atoms. The highest BCUT2D eigenvalue weighted by molar-refractivity contribution is 6.05. The van der Waals surface area contributed by atoms with Crippen molar-refractivity contribution in [3.05, 3.63) is 53.6 Å². The molecule has 0 bridgehead atoms. The van der Waals surface area contributed by atoms with Crippen LogP contribution in [0.3, 0.4) is 0 Å². The van der Waals surface area contributed by atoms with Crippen molar-refractivity contribution in [1.82, 2.24) is 0 Å². The summed E-state index contributed by atoms with van der Waals surface area (Å²) < 4.78 is 4.90. The van der Waals surface area contributed by atoms with E-state index in [9.17, 15) is 9.59 Å². The molecule has 7 nitrogen and oxygen atoms in total. The average Bonchev–Trinajstić information content (AvgIpc) is 3.11. The van der Waals surface area contributed by atoms with Crippen molar-refractivity contribution < 1.29 is 14.3 Å². The lowest BCUT2D eigenvalue weighted by atomic mass is 10.1. The fourth-order valence-corrected chi connectivity index (χ4v) is 2.92. The van der Waals surface area contributed by atoms with Gasteiger partial charge in [-0.3, -0.25) is 15.1 Å². The van der Waals surface area contributed by atoms with Crippen LogP contribution in [-0.2, 0) is 4.74 Å². The van der Waals surface area contributed by atoms with Crippen molar-refractivity contribution in [3.8, 4) is 0 Å². The van der Waals surface area contributed by atoms with Crippen molar-refractivity contribution in [2.24, 2.45) is 5.10 Å². The van der Waals surface area contributed by atoms with Gasteiger partial charge in [0, 0.05) is 35.6 Å². The Morgan fingerprint density at radius 3 is 2.36 bits per heavy atom. The van der Waals surface area contributed by atoms with E-state index >= 15 is 0 Å². The zero-order valence-corrected chi connectivity index (χ0v) is 16.3. The molecule has 0 saturated heterocycles. The van der Waals surface area contributed by atoms with Crippen LogP contribution in [0.15, 0.2) is 47.6 Å². The van der Waals surface area contributed by atoms with Gasteiger partial charge in [-0.15, -0.1) is 0 Å². The molecule has 0 atom stereocenters. The molecular formula is C21H24N4O3. The molecule has 1 heterocycles. The maximum absolute atomic E-state index is 12.6. The first kappa shape index (κ1) is 19.4. The van der Waals surface area contributed by atoms with Crippen LogP contribution in [0.1, 0.15) is 36.2 Å². The Balaban J connectivity index is 1.70. The number of carbonyl (C=O) groups is 2. The Bertz CT molecular complexity index is 906. The summed E-state index contributed by atoms with van der Waals surface area (Å²) in [7, 11) is 0. The molecule has 2 N–H and O–H groups in total. The number of ether oxygens (including phenoxy) is 1. The molecule has 0 radical (unpaired) electrons. The number of hydrogen-bond donors (Lipinski definition) is 2. The SMILES string of the molecule is CCOC(=O)Nc1cccc(NC(=O)c2ccc(N3CCC(C)=N3)cc2)c1C. The van der Waals surface area contributed by atoms with Crippen LogP contribution in [0, 0.1) is 6.92 Å². The molecule has 3 rings (SSSR count). The predicted octanol–water partition coefficient (Wildman–Crippen LogP) is 4.40. The fourth-order valence-electron chi connectivity index (χ4n) is 2.92. The van der Waals surface area contributed by atoms with Crippen LogP contribution >= 0.6 is 0 Å². The van der Waals surface area contributed by atoms with Crippen molar-refractivity contribution >= 4 is 34.8 Å². The summed E-state index contributed by atoms with van der Waals surface area (Å²) in [5, 5.41) is 12.0. The molecule has 0 saturated carbocycles. The highest BCUT2D eigenvalue weighted by Crippen LogP contribution is 2.25. The van der Waals surface area contributed by atoms with Gasteiger partial charge >= 0.3 is 6.09 Å². The van der Waals surface area contributed by atoms with E-state index < -0.39 is 6.09 Å². The van der Waals surface area contributed by atoms with Gasteiger partial charge in [-0.05, 0) is 62.7 Å². The Morgan fingerprint density at radius 1 is 1.07 bits per heavy atom. The van der Waals surface area contributed by atoms with E-state index in [1.165, 1.54) is 0 Å². The smallest absolute Gasteiger partial charge is 0.411 e. The number of rotatable bonds is 5. The minimum absolute atomic E-state index is 0.218. The molecule has 1 aliphatic rings. The lowest BCUT2D eigenvalue weighted by Gasteiger charge is -2.15. The van der Waals surface area contributed by atoms with Crippen LogP contribution in [0.2, 0.25) is 0 Å². The second-order valence-corrected chi connectivity index (χ2v) is 6.53. The molecule has 0 aliphatic carbocycles. The second-order valence-electron chi connectivity index (χ2n) is 6.53. The molecule has 1 aliphatic heterocycles. The zero-order valence-electron chi connectivity index (χ0n) is 16.3. The largest absolute Gasteiger partial charge is 0.450 e. The molecule has 2 aromatic rings. The first-order chi connectivity index (χ1) is 13.5. The number of anilines is 3. The van der Waals surface area contributed by atoms with Crippen molar-refractivity contribution in [3.63, 3.8) is 0 Å². The summed E-state index contributed by atoms with van der Waals surface area (Å²) >= 11 is 0. The third kappa shape index (κ3) is 4.49. The molecule has 0 aromatic heterocycles. The minimum Gasteiger partial charge on any atom is -0.450 e. The van der Waals surface area contributed by atoms with E-state index in [-0.39, 0.29) is 5.91 Å². The maximum Gasteiger partial charge on any atom is 0.411 e. The average molecular weight is 380 g/mol. The summed E-state index contributed by atoms with van der Waals surface area (Å²) in [5.41, 5.74) is 4.59. The highest BCUT2D eigenvalue weighted by Gasteiger charge is 2.15. The van der Waals surface area contributed by atoms with Crippen LogP contribution in [-0.4, -0.2) is 30.9 Å². The lowest BCUT2D eigenvalue weighted by Crippen LogP contribution is -2.16. The van der Waals surface area contributed by atoms with E-state index in [0.717, 1.165) is 29.9 Å². The Labute approximate surface area is 164 Å². The zero-order chi connectivity index (χ0) is 20.1. The Kier molecular flexibility index (Phi) is 5.93. The highest BCUT2D eigenvalue weighted by atomic mass is 16.5. The standard InChI is InChI=1S/C21H24N4O3/c1-4-28-21(27)23-19-7-5-6-18(15(19)3)22-20(26)16-8-10-17(11-9-16)25-13-12-14(2)24-25/h5-11H,4,12-13H2,1-3H3,(H,22,26)(H,23,27). The van der Waals surface area contributed by atoms with Crippen LogP contribution < -0.4 is 15.6 Å². The first-order valence-corrected chi connectivity index (χ1v) is 9.24. The summed E-state index contributed by atoms with van der Waals surface area (Å²) in [6.45, 7) is 6.73. The number of hydrazone groups is 1. The Morgan fingerprint density at radius 2 is 1.75 bits per heavy atom. The van der Waals surface area contributed by atoms with Crippen LogP contribution in [0.25, 0.3) is 0 Å². The predicted molar refractivity (Wildman–Crippen MR) is 111 cm³/mol. The molecule has 0 spiro atoms. The van der Waals surface area contributed by atoms with Gasteiger partial charge in [0.05, 0.1) is 12.3 Å². The number of nitrogens with one attached hydrogen (secondary N) is 2. The number of amides is 2. The quantitative estimate of drug-likeness (QED) is 0.805. The minimum atomic E-state index is -0.524. The van der Waals surface area contributed by atoms with E-state index in [1.807, 2.05) is 31.0 Å².